The van der Waals surface area contributed by atoms with Crippen molar-refractivity contribution in [2.45, 2.75) is 58.1 Å². The Hall–Kier alpha value is -1.46. The summed E-state index contributed by atoms with van der Waals surface area (Å²) in [6, 6.07) is 4.44. The van der Waals surface area contributed by atoms with E-state index in [0.29, 0.717) is 22.4 Å². The second-order valence-corrected chi connectivity index (χ2v) is 9.65. The molecule has 1 aromatic carbocycles. The van der Waals surface area contributed by atoms with E-state index >= 15 is 0 Å². The number of nitrogens with one attached hydrogen (secondary N) is 1. The quantitative estimate of drug-likeness (QED) is 0.742. The van der Waals surface area contributed by atoms with E-state index in [2.05, 4.69) is 5.32 Å². The van der Waals surface area contributed by atoms with Crippen LogP contribution in [0.25, 0.3) is 0 Å². The van der Waals surface area contributed by atoms with Gasteiger partial charge in [-0.2, -0.15) is 0 Å². The topological polar surface area (TPSA) is 58.6 Å². The van der Waals surface area contributed by atoms with Crippen molar-refractivity contribution in [2.24, 2.45) is 11.8 Å². The number of halogens is 2. The van der Waals surface area contributed by atoms with Crippen LogP contribution in [0.2, 0.25) is 10.0 Å². The Morgan fingerprint density at radius 2 is 1.93 bits per heavy atom. The minimum Gasteiger partial charge on any atom is -0.444 e. The molecule has 2 amide bonds. The minimum atomic E-state index is -0.730. The smallest absolute Gasteiger partial charge is 0.408 e. The van der Waals surface area contributed by atoms with E-state index in [1.165, 1.54) is 12.8 Å². The van der Waals surface area contributed by atoms with Crippen molar-refractivity contribution in [3.05, 3.63) is 33.8 Å². The number of hydrogen-bond acceptors (Lipinski definition) is 3. The largest absolute Gasteiger partial charge is 0.444 e. The second-order valence-electron chi connectivity index (χ2n) is 8.81. The lowest BCUT2D eigenvalue weighted by Gasteiger charge is -2.27. The molecule has 1 saturated heterocycles. The third kappa shape index (κ3) is 5.77. The number of carbonyl (C=O) groups excluding carboxylic acids is 2. The first kappa shape index (κ1) is 21.3. The molecule has 1 N–H and O–H groups in total. The molecule has 154 valence electrons. The molecule has 0 aromatic heterocycles. The molecule has 1 aromatic rings. The van der Waals surface area contributed by atoms with Crippen LogP contribution in [-0.2, 0) is 16.0 Å². The highest BCUT2D eigenvalue weighted by atomic mass is 35.5. The molecule has 0 radical (unpaired) electrons. The lowest BCUT2D eigenvalue weighted by atomic mass is 10.0. The summed E-state index contributed by atoms with van der Waals surface area (Å²) < 4.78 is 5.36. The summed E-state index contributed by atoms with van der Waals surface area (Å²) in [7, 11) is 0. The molecular formula is C21H28Cl2N2O3. The monoisotopic (exact) mass is 426 g/mol. The van der Waals surface area contributed by atoms with Gasteiger partial charge in [0.05, 0.1) is 0 Å². The van der Waals surface area contributed by atoms with Crippen molar-refractivity contribution < 1.29 is 14.3 Å². The van der Waals surface area contributed by atoms with Gasteiger partial charge in [0, 0.05) is 29.6 Å². The van der Waals surface area contributed by atoms with E-state index in [0.717, 1.165) is 31.0 Å². The number of benzene rings is 1. The highest BCUT2D eigenvalue weighted by molar-refractivity contribution is 6.35. The maximum Gasteiger partial charge on any atom is 0.408 e. The van der Waals surface area contributed by atoms with E-state index in [4.69, 9.17) is 27.9 Å². The molecule has 1 heterocycles. The van der Waals surface area contributed by atoms with Gasteiger partial charge >= 0.3 is 6.09 Å². The zero-order valence-electron chi connectivity index (χ0n) is 16.6. The lowest BCUT2D eigenvalue weighted by Crippen LogP contribution is -2.50. The second kappa shape index (κ2) is 8.50. The van der Waals surface area contributed by atoms with Crippen LogP contribution in [0.5, 0.6) is 0 Å². The standard InChI is InChI=1S/C21H28Cl2N2O3/c1-21(2,3)28-20(27)24-18(10-14-6-7-16(22)11-17(14)23)19(26)25-9-8-15(12-25)13-4-5-13/h6-7,11,13,15,18H,4-5,8-10,12H2,1-3H3,(H,24,27)/t15?,18-/m1/s1. The van der Waals surface area contributed by atoms with E-state index in [-0.39, 0.29) is 5.91 Å². The predicted molar refractivity (Wildman–Crippen MR) is 111 cm³/mol. The number of carbonyl (C=O) groups is 2. The number of ether oxygens (including phenoxy) is 1. The van der Waals surface area contributed by atoms with Gasteiger partial charge in [-0.3, -0.25) is 4.79 Å². The lowest BCUT2D eigenvalue weighted by molar-refractivity contribution is -0.132. The highest BCUT2D eigenvalue weighted by Crippen LogP contribution is 2.41. The summed E-state index contributed by atoms with van der Waals surface area (Å²) in [5.74, 6) is 1.27. The van der Waals surface area contributed by atoms with Crippen LogP contribution in [0.3, 0.4) is 0 Å². The maximum atomic E-state index is 13.2. The van der Waals surface area contributed by atoms with Gasteiger partial charge in [0.1, 0.15) is 11.6 Å². The molecule has 0 bridgehead atoms. The van der Waals surface area contributed by atoms with Crippen LogP contribution in [0, 0.1) is 11.8 Å². The fraction of sp³-hybridized carbons (Fsp3) is 0.619. The number of alkyl carbamates (subject to hydrolysis) is 1. The summed E-state index contributed by atoms with van der Waals surface area (Å²) >= 11 is 12.3. The van der Waals surface area contributed by atoms with E-state index < -0.39 is 17.7 Å². The Morgan fingerprint density at radius 3 is 2.54 bits per heavy atom. The average molecular weight is 427 g/mol. The van der Waals surface area contributed by atoms with E-state index in [1.807, 2.05) is 4.90 Å². The van der Waals surface area contributed by atoms with Gasteiger partial charge in [0.2, 0.25) is 5.91 Å². The number of hydrogen-bond donors (Lipinski definition) is 1. The van der Waals surface area contributed by atoms with Crippen LogP contribution >= 0.6 is 23.2 Å². The van der Waals surface area contributed by atoms with Gasteiger partial charge in [-0.1, -0.05) is 29.3 Å². The Kier molecular flexibility index (Phi) is 6.45. The van der Waals surface area contributed by atoms with Gasteiger partial charge in [-0.25, -0.2) is 4.79 Å². The number of rotatable bonds is 5. The molecule has 5 nitrogen and oxygen atoms in total. The molecule has 2 aliphatic rings. The Balaban J connectivity index is 1.73. The molecule has 1 aliphatic heterocycles. The van der Waals surface area contributed by atoms with Crippen molar-refractivity contribution >= 4 is 35.2 Å². The molecule has 7 heteroatoms. The minimum absolute atomic E-state index is 0.0833. The van der Waals surface area contributed by atoms with Gasteiger partial charge < -0.3 is 15.0 Å². The van der Waals surface area contributed by atoms with Crippen LogP contribution in [0.15, 0.2) is 18.2 Å². The van der Waals surface area contributed by atoms with Crippen molar-refractivity contribution in [3.8, 4) is 0 Å². The van der Waals surface area contributed by atoms with Crippen molar-refractivity contribution in [1.29, 1.82) is 0 Å². The molecule has 0 spiro atoms. The zero-order chi connectivity index (χ0) is 20.5. The normalized spacial score (nSPS) is 20.8. The first-order valence-corrected chi connectivity index (χ1v) is 10.6. The number of nitrogens with zero attached hydrogens (tertiary/aromatic N) is 1. The summed E-state index contributed by atoms with van der Waals surface area (Å²) in [4.78, 5) is 27.4. The third-order valence-corrected chi connectivity index (χ3v) is 5.84. The molecule has 28 heavy (non-hydrogen) atoms. The molecule has 2 atom stereocenters. The number of amides is 2. The van der Waals surface area contributed by atoms with Crippen molar-refractivity contribution in [2.75, 3.05) is 13.1 Å². The van der Waals surface area contributed by atoms with E-state index in [9.17, 15) is 9.59 Å². The van der Waals surface area contributed by atoms with Crippen LogP contribution in [-0.4, -0.2) is 41.6 Å². The van der Waals surface area contributed by atoms with Crippen LogP contribution < -0.4 is 5.32 Å². The van der Waals surface area contributed by atoms with Gasteiger partial charge in [-0.05, 0) is 69.6 Å². The van der Waals surface area contributed by atoms with E-state index in [1.54, 1.807) is 39.0 Å². The summed E-state index contributed by atoms with van der Waals surface area (Å²) in [5, 5.41) is 3.77. The fourth-order valence-electron chi connectivity index (χ4n) is 3.72. The van der Waals surface area contributed by atoms with Crippen molar-refractivity contribution in [1.82, 2.24) is 10.2 Å². The van der Waals surface area contributed by atoms with Gasteiger partial charge in [-0.15, -0.1) is 0 Å². The fourth-order valence-corrected chi connectivity index (χ4v) is 4.20. The first-order valence-electron chi connectivity index (χ1n) is 9.84. The maximum absolute atomic E-state index is 13.2. The molecule has 3 rings (SSSR count). The highest BCUT2D eigenvalue weighted by Gasteiger charge is 2.39. The molecule has 2 fully saturated rings. The Morgan fingerprint density at radius 1 is 1.21 bits per heavy atom. The average Bonchev–Trinajstić information content (AvgIpc) is 3.31. The molecule has 1 saturated carbocycles. The SMILES string of the molecule is CC(C)(C)OC(=O)N[C@H](Cc1ccc(Cl)cc1Cl)C(=O)N1CCC(C2CC2)C1. The van der Waals surface area contributed by atoms with Gasteiger partial charge in [0.25, 0.3) is 0 Å². The third-order valence-electron chi connectivity index (χ3n) is 5.25. The van der Waals surface area contributed by atoms with Crippen molar-refractivity contribution in [3.63, 3.8) is 0 Å². The number of likely N-dealkylation sites (tertiary alicyclic amines) is 1. The van der Waals surface area contributed by atoms with Gasteiger partial charge in [0.15, 0.2) is 0 Å². The summed E-state index contributed by atoms with van der Waals surface area (Å²) in [6.07, 6.45) is 3.27. The zero-order valence-corrected chi connectivity index (χ0v) is 18.1. The summed E-state index contributed by atoms with van der Waals surface area (Å²) in [5.41, 5.74) is 0.124. The van der Waals surface area contributed by atoms with Crippen LogP contribution in [0.1, 0.15) is 45.6 Å². The Labute approximate surface area is 176 Å². The predicted octanol–water partition coefficient (Wildman–Crippen LogP) is 4.69. The Bertz CT molecular complexity index is 744. The first-order chi connectivity index (χ1) is 13.1. The molecular weight excluding hydrogens is 399 g/mol. The molecule has 1 unspecified atom stereocenters. The molecule has 1 aliphatic carbocycles. The summed E-state index contributed by atoms with van der Waals surface area (Å²) in [6.45, 7) is 6.88. The van der Waals surface area contributed by atoms with Crippen LogP contribution in [0.4, 0.5) is 4.79 Å².